The van der Waals surface area contributed by atoms with Gasteiger partial charge in [-0.3, -0.25) is 9.59 Å². The standard InChI is InChI=1S/C14H18O5/c1-3-4-14(17)19-11-7-5-10(6-8-13(15)16)9-12(11)18-2/h5,7,9H,3-4,6,8H2,1-2H3,(H,15,16). The third-order valence-electron chi connectivity index (χ3n) is 2.53. The van der Waals surface area contributed by atoms with Crippen LogP contribution in [-0.2, 0) is 16.0 Å². The maximum Gasteiger partial charge on any atom is 0.311 e. The zero-order valence-corrected chi connectivity index (χ0v) is 11.1. The number of hydrogen-bond donors (Lipinski definition) is 1. The largest absolute Gasteiger partial charge is 0.493 e. The highest BCUT2D eigenvalue weighted by molar-refractivity contribution is 5.73. The van der Waals surface area contributed by atoms with E-state index < -0.39 is 5.97 Å². The maximum atomic E-state index is 11.4. The van der Waals surface area contributed by atoms with Gasteiger partial charge in [-0.2, -0.15) is 0 Å². The van der Waals surface area contributed by atoms with E-state index in [1.165, 1.54) is 7.11 Å². The number of benzene rings is 1. The lowest BCUT2D eigenvalue weighted by atomic mass is 10.1. The average molecular weight is 266 g/mol. The third kappa shape index (κ3) is 4.99. The van der Waals surface area contributed by atoms with E-state index in [4.69, 9.17) is 14.6 Å². The molecule has 5 nitrogen and oxygen atoms in total. The van der Waals surface area contributed by atoms with E-state index in [1.807, 2.05) is 6.92 Å². The number of ether oxygens (including phenoxy) is 2. The highest BCUT2D eigenvalue weighted by atomic mass is 16.6. The molecule has 1 aromatic carbocycles. The first-order valence-electron chi connectivity index (χ1n) is 6.16. The topological polar surface area (TPSA) is 72.8 Å². The van der Waals surface area contributed by atoms with Crippen LogP contribution in [0.4, 0.5) is 0 Å². The predicted molar refractivity (Wildman–Crippen MR) is 69.5 cm³/mol. The molecular formula is C14H18O5. The minimum absolute atomic E-state index is 0.0537. The lowest BCUT2D eigenvalue weighted by Crippen LogP contribution is -2.08. The molecule has 5 heteroatoms. The van der Waals surface area contributed by atoms with Crippen molar-refractivity contribution >= 4 is 11.9 Å². The molecule has 0 saturated heterocycles. The van der Waals surface area contributed by atoms with Crippen molar-refractivity contribution in [3.8, 4) is 11.5 Å². The summed E-state index contributed by atoms with van der Waals surface area (Å²) in [7, 11) is 1.48. The Balaban J connectivity index is 2.78. The fraction of sp³-hybridized carbons (Fsp3) is 0.429. The summed E-state index contributed by atoms with van der Waals surface area (Å²) in [5.41, 5.74) is 0.828. The van der Waals surface area contributed by atoms with Crippen molar-refractivity contribution in [3.05, 3.63) is 23.8 Å². The second kappa shape index (κ2) is 7.41. The first-order valence-corrected chi connectivity index (χ1v) is 6.16. The highest BCUT2D eigenvalue weighted by Gasteiger charge is 2.10. The summed E-state index contributed by atoms with van der Waals surface area (Å²) in [6.07, 6.45) is 1.54. The van der Waals surface area contributed by atoms with E-state index in [2.05, 4.69) is 0 Å². The van der Waals surface area contributed by atoms with Crippen LogP contribution in [0.1, 0.15) is 31.7 Å². The van der Waals surface area contributed by atoms with Crippen molar-refractivity contribution < 1.29 is 24.2 Å². The van der Waals surface area contributed by atoms with E-state index >= 15 is 0 Å². The Morgan fingerprint density at radius 3 is 2.53 bits per heavy atom. The summed E-state index contributed by atoms with van der Waals surface area (Å²) in [6, 6.07) is 5.06. The molecule has 0 radical (unpaired) electrons. The van der Waals surface area contributed by atoms with Crippen molar-refractivity contribution in [1.29, 1.82) is 0 Å². The molecule has 0 bridgehead atoms. The number of carbonyl (C=O) groups excluding carboxylic acids is 1. The zero-order valence-electron chi connectivity index (χ0n) is 11.1. The average Bonchev–Trinajstić information content (AvgIpc) is 2.37. The number of aliphatic carboxylic acids is 1. The van der Waals surface area contributed by atoms with E-state index in [0.29, 0.717) is 24.3 Å². The molecule has 0 unspecified atom stereocenters. The van der Waals surface area contributed by atoms with E-state index in [1.54, 1.807) is 18.2 Å². The van der Waals surface area contributed by atoms with Gasteiger partial charge in [-0.05, 0) is 30.5 Å². The summed E-state index contributed by atoms with van der Waals surface area (Å²) < 4.78 is 10.3. The Kier molecular flexibility index (Phi) is 5.85. The first kappa shape index (κ1) is 15.0. The van der Waals surface area contributed by atoms with Gasteiger partial charge in [0.1, 0.15) is 0 Å². The van der Waals surface area contributed by atoms with Crippen LogP contribution in [0.25, 0.3) is 0 Å². The van der Waals surface area contributed by atoms with Crippen LogP contribution < -0.4 is 9.47 Å². The molecule has 0 aromatic heterocycles. The molecule has 19 heavy (non-hydrogen) atoms. The van der Waals surface area contributed by atoms with Crippen molar-refractivity contribution in [2.45, 2.75) is 32.6 Å². The van der Waals surface area contributed by atoms with Crippen molar-refractivity contribution in [1.82, 2.24) is 0 Å². The van der Waals surface area contributed by atoms with Gasteiger partial charge >= 0.3 is 11.9 Å². The van der Waals surface area contributed by atoms with Gasteiger partial charge in [0.25, 0.3) is 0 Å². The molecule has 0 spiro atoms. The summed E-state index contributed by atoms with van der Waals surface area (Å²) in [5.74, 6) is -0.358. The minimum Gasteiger partial charge on any atom is -0.493 e. The summed E-state index contributed by atoms with van der Waals surface area (Å²) >= 11 is 0. The monoisotopic (exact) mass is 266 g/mol. The number of carboxylic acids is 1. The van der Waals surface area contributed by atoms with E-state index in [0.717, 1.165) is 12.0 Å². The van der Waals surface area contributed by atoms with Crippen molar-refractivity contribution in [3.63, 3.8) is 0 Å². The lowest BCUT2D eigenvalue weighted by Gasteiger charge is -2.10. The summed E-state index contributed by atoms with van der Waals surface area (Å²) in [6.45, 7) is 1.90. The molecule has 1 N–H and O–H groups in total. The molecule has 0 heterocycles. The second-order valence-corrected chi connectivity index (χ2v) is 4.10. The van der Waals surface area contributed by atoms with Gasteiger partial charge in [-0.15, -0.1) is 0 Å². The van der Waals surface area contributed by atoms with Crippen LogP contribution in [-0.4, -0.2) is 24.2 Å². The number of hydrogen-bond acceptors (Lipinski definition) is 4. The zero-order chi connectivity index (χ0) is 14.3. The van der Waals surface area contributed by atoms with Crippen LogP contribution in [0.2, 0.25) is 0 Å². The molecule has 0 atom stereocenters. The van der Waals surface area contributed by atoms with Crippen molar-refractivity contribution in [2.24, 2.45) is 0 Å². The maximum absolute atomic E-state index is 11.4. The van der Waals surface area contributed by atoms with Crippen LogP contribution in [0, 0.1) is 0 Å². The van der Waals surface area contributed by atoms with Gasteiger partial charge in [-0.25, -0.2) is 0 Å². The Bertz CT molecular complexity index is 453. The van der Waals surface area contributed by atoms with Gasteiger partial charge in [-0.1, -0.05) is 13.0 Å². The first-order chi connectivity index (χ1) is 9.06. The minimum atomic E-state index is -0.850. The van der Waals surface area contributed by atoms with Gasteiger partial charge < -0.3 is 14.6 Å². The molecule has 0 aliphatic heterocycles. The van der Waals surface area contributed by atoms with Crippen LogP contribution >= 0.6 is 0 Å². The normalized spacial score (nSPS) is 10.0. The molecule has 1 aromatic rings. The van der Waals surface area contributed by atoms with Gasteiger partial charge in [0.15, 0.2) is 11.5 Å². The Morgan fingerprint density at radius 2 is 1.95 bits per heavy atom. The highest BCUT2D eigenvalue weighted by Crippen LogP contribution is 2.29. The van der Waals surface area contributed by atoms with Gasteiger partial charge in [0, 0.05) is 12.8 Å². The number of aryl methyl sites for hydroxylation is 1. The molecule has 0 fully saturated rings. The van der Waals surface area contributed by atoms with Gasteiger partial charge in [0.05, 0.1) is 7.11 Å². The van der Waals surface area contributed by atoms with E-state index in [-0.39, 0.29) is 12.4 Å². The van der Waals surface area contributed by atoms with Crippen LogP contribution in [0.15, 0.2) is 18.2 Å². The molecular weight excluding hydrogens is 248 g/mol. The Hall–Kier alpha value is -2.04. The number of esters is 1. The quantitative estimate of drug-likeness (QED) is 0.606. The molecule has 0 amide bonds. The van der Waals surface area contributed by atoms with Crippen LogP contribution in [0.5, 0.6) is 11.5 Å². The molecule has 1 rings (SSSR count). The fourth-order valence-electron chi connectivity index (χ4n) is 1.58. The van der Waals surface area contributed by atoms with Crippen LogP contribution in [0.3, 0.4) is 0 Å². The summed E-state index contributed by atoms with van der Waals surface area (Å²) in [5, 5.41) is 8.63. The molecule has 104 valence electrons. The number of carbonyl (C=O) groups is 2. The number of methoxy groups -OCH3 is 1. The SMILES string of the molecule is CCCC(=O)Oc1ccc(CCC(=O)O)cc1OC. The summed E-state index contributed by atoms with van der Waals surface area (Å²) in [4.78, 5) is 21.9. The second-order valence-electron chi connectivity index (χ2n) is 4.10. The lowest BCUT2D eigenvalue weighted by molar-refractivity contribution is -0.137. The number of rotatable bonds is 7. The molecule has 0 aliphatic carbocycles. The predicted octanol–water partition coefficient (Wildman–Crippen LogP) is 2.42. The van der Waals surface area contributed by atoms with Crippen molar-refractivity contribution in [2.75, 3.05) is 7.11 Å². The Morgan fingerprint density at radius 1 is 1.21 bits per heavy atom. The smallest absolute Gasteiger partial charge is 0.311 e. The van der Waals surface area contributed by atoms with E-state index in [9.17, 15) is 9.59 Å². The molecule has 0 saturated carbocycles. The molecule has 0 aliphatic rings. The van der Waals surface area contributed by atoms with Gasteiger partial charge in [0.2, 0.25) is 0 Å². The number of carboxylic acid groups (broad SMARTS) is 1. The third-order valence-corrected chi connectivity index (χ3v) is 2.53. The fourth-order valence-corrected chi connectivity index (χ4v) is 1.58. The Labute approximate surface area is 112 Å².